The van der Waals surface area contributed by atoms with Crippen molar-refractivity contribution in [1.82, 2.24) is 15.1 Å². The fraction of sp³-hybridized carbons (Fsp3) is 0.412. The molecule has 0 fully saturated rings. The first kappa shape index (κ1) is 19.2. The number of hydrogen-bond acceptors (Lipinski definition) is 3. The van der Waals surface area contributed by atoms with Gasteiger partial charge in [-0.3, -0.25) is 4.79 Å². The highest BCUT2D eigenvalue weighted by molar-refractivity contribution is 5.85. The van der Waals surface area contributed by atoms with E-state index in [9.17, 15) is 4.79 Å². The molecule has 6 heteroatoms. The van der Waals surface area contributed by atoms with E-state index in [0.717, 1.165) is 11.3 Å². The monoisotopic (exact) mass is 336 g/mol. The fourth-order valence-corrected chi connectivity index (χ4v) is 2.49. The van der Waals surface area contributed by atoms with E-state index in [0.29, 0.717) is 12.3 Å². The number of para-hydroxylation sites is 1. The third-order valence-electron chi connectivity index (χ3n) is 3.58. The summed E-state index contributed by atoms with van der Waals surface area (Å²) in [7, 11) is 0. The van der Waals surface area contributed by atoms with Crippen molar-refractivity contribution in [2.24, 2.45) is 11.7 Å². The Bertz CT molecular complexity index is 613. The largest absolute Gasteiger partial charge is 0.348 e. The molecule has 0 bridgehead atoms. The molecule has 1 heterocycles. The summed E-state index contributed by atoms with van der Waals surface area (Å²) in [6.07, 6.45) is 4.30. The molecule has 23 heavy (non-hydrogen) atoms. The van der Waals surface area contributed by atoms with Gasteiger partial charge in [-0.15, -0.1) is 12.4 Å². The van der Waals surface area contributed by atoms with E-state index in [1.165, 1.54) is 0 Å². The summed E-state index contributed by atoms with van der Waals surface area (Å²) in [5.74, 6) is 0.281. The third-order valence-corrected chi connectivity index (χ3v) is 3.58. The Morgan fingerprint density at radius 3 is 2.57 bits per heavy atom. The van der Waals surface area contributed by atoms with Crippen molar-refractivity contribution < 1.29 is 4.79 Å². The van der Waals surface area contributed by atoms with Crippen LogP contribution in [0.4, 0.5) is 0 Å². The lowest BCUT2D eigenvalue weighted by molar-refractivity contribution is -0.123. The van der Waals surface area contributed by atoms with E-state index in [4.69, 9.17) is 5.73 Å². The van der Waals surface area contributed by atoms with Crippen LogP contribution in [-0.2, 0) is 4.79 Å². The van der Waals surface area contributed by atoms with Crippen LogP contribution >= 0.6 is 12.4 Å². The van der Waals surface area contributed by atoms with E-state index < -0.39 is 6.04 Å². The Balaban J connectivity index is 0.00000264. The van der Waals surface area contributed by atoms with Gasteiger partial charge in [-0.25, -0.2) is 4.68 Å². The van der Waals surface area contributed by atoms with Crippen molar-refractivity contribution in [3.63, 3.8) is 0 Å². The zero-order valence-corrected chi connectivity index (χ0v) is 14.6. The zero-order valence-electron chi connectivity index (χ0n) is 13.8. The number of rotatable bonds is 6. The van der Waals surface area contributed by atoms with Crippen LogP contribution in [0.2, 0.25) is 0 Å². The van der Waals surface area contributed by atoms with E-state index in [-0.39, 0.29) is 24.4 Å². The van der Waals surface area contributed by atoms with Crippen LogP contribution in [0, 0.1) is 5.92 Å². The molecule has 5 nitrogen and oxygen atoms in total. The molecule has 1 aromatic carbocycles. The highest BCUT2D eigenvalue weighted by Gasteiger charge is 2.19. The highest BCUT2D eigenvalue weighted by atomic mass is 35.5. The van der Waals surface area contributed by atoms with Crippen LogP contribution in [0.15, 0.2) is 42.7 Å². The second-order valence-electron chi connectivity index (χ2n) is 5.98. The summed E-state index contributed by atoms with van der Waals surface area (Å²) in [6.45, 7) is 6.08. The maximum Gasteiger partial charge on any atom is 0.237 e. The van der Waals surface area contributed by atoms with Crippen molar-refractivity contribution in [2.75, 3.05) is 0 Å². The number of nitrogens with two attached hydrogens (primary N) is 1. The molecule has 0 saturated carbocycles. The van der Waals surface area contributed by atoms with Crippen LogP contribution in [0.5, 0.6) is 0 Å². The van der Waals surface area contributed by atoms with Crippen LogP contribution in [0.1, 0.15) is 38.8 Å². The number of nitrogens with one attached hydrogen (secondary N) is 1. The Kier molecular flexibility index (Phi) is 7.26. The lowest BCUT2D eigenvalue weighted by Gasteiger charge is -2.21. The van der Waals surface area contributed by atoms with Crippen LogP contribution in [-0.4, -0.2) is 21.7 Å². The SMILES string of the molecule is CC(C)C[C@H](N)C(=O)NC(C)c1ccccc1-n1cccn1.Cl. The number of hydrogen-bond donors (Lipinski definition) is 2. The molecule has 2 aromatic rings. The van der Waals surface area contributed by atoms with Crippen LogP contribution < -0.4 is 11.1 Å². The molecule has 0 radical (unpaired) electrons. The van der Waals surface area contributed by atoms with E-state index in [2.05, 4.69) is 24.3 Å². The summed E-state index contributed by atoms with van der Waals surface area (Å²) >= 11 is 0. The van der Waals surface area contributed by atoms with Crippen molar-refractivity contribution in [1.29, 1.82) is 0 Å². The first-order valence-corrected chi connectivity index (χ1v) is 7.64. The Labute approximate surface area is 143 Å². The number of carbonyl (C=O) groups is 1. The van der Waals surface area contributed by atoms with Gasteiger partial charge < -0.3 is 11.1 Å². The van der Waals surface area contributed by atoms with Crippen molar-refractivity contribution in [2.45, 2.75) is 39.3 Å². The number of benzene rings is 1. The number of amides is 1. The second-order valence-corrected chi connectivity index (χ2v) is 5.98. The van der Waals surface area contributed by atoms with Gasteiger partial charge >= 0.3 is 0 Å². The second kappa shape index (κ2) is 8.70. The molecule has 0 aliphatic rings. The predicted octanol–water partition coefficient (Wildman–Crippen LogP) is 2.84. The first-order valence-electron chi connectivity index (χ1n) is 7.64. The van der Waals surface area contributed by atoms with Gasteiger partial charge in [0.15, 0.2) is 0 Å². The van der Waals surface area contributed by atoms with Crippen molar-refractivity contribution in [3.05, 3.63) is 48.3 Å². The quantitative estimate of drug-likeness (QED) is 0.852. The third kappa shape index (κ3) is 5.08. The fourth-order valence-electron chi connectivity index (χ4n) is 2.49. The first-order chi connectivity index (χ1) is 10.5. The maximum absolute atomic E-state index is 12.2. The minimum Gasteiger partial charge on any atom is -0.348 e. The normalized spacial score (nSPS) is 13.3. The van der Waals surface area contributed by atoms with Crippen molar-refractivity contribution in [3.8, 4) is 5.69 Å². The zero-order chi connectivity index (χ0) is 16.1. The van der Waals surface area contributed by atoms with Gasteiger partial charge in [-0.2, -0.15) is 5.10 Å². The minimum atomic E-state index is -0.473. The van der Waals surface area contributed by atoms with Gasteiger partial charge in [0.2, 0.25) is 5.91 Å². The molecule has 0 aliphatic heterocycles. The van der Waals surface area contributed by atoms with Crippen LogP contribution in [0.3, 0.4) is 0 Å². The topological polar surface area (TPSA) is 72.9 Å². The molecule has 2 atom stereocenters. The smallest absolute Gasteiger partial charge is 0.237 e. The van der Waals surface area contributed by atoms with Gasteiger partial charge in [-0.1, -0.05) is 32.0 Å². The molecule has 0 aliphatic carbocycles. The molecule has 1 aromatic heterocycles. The molecule has 3 N–H and O–H groups in total. The van der Waals surface area contributed by atoms with Crippen LogP contribution in [0.25, 0.3) is 5.69 Å². The number of carbonyl (C=O) groups excluding carboxylic acids is 1. The average molecular weight is 337 g/mol. The lowest BCUT2D eigenvalue weighted by Crippen LogP contribution is -2.42. The summed E-state index contributed by atoms with van der Waals surface area (Å²) in [6, 6.07) is 9.16. The van der Waals surface area contributed by atoms with E-state index in [1.807, 2.05) is 43.5 Å². The summed E-state index contributed by atoms with van der Waals surface area (Å²) in [5.41, 5.74) is 7.91. The van der Waals surface area contributed by atoms with Gasteiger partial charge in [0.1, 0.15) is 0 Å². The van der Waals surface area contributed by atoms with Gasteiger partial charge in [-0.05, 0) is 37.0 Å². The predicted molar refractivity (Wildman–Crippen MR) is 94.8 cm³/mol. The Hall–Kier alpha value is -1.85. The van der Waals surface area contributed by atoms with Gasteiger partial charge in [0.05, 0.1) is 17.8 Å². The highest BCUT2D eigenvalue weighted by Crippen LogP contribution is 2.21. The van der Waals surface area contributed by atoms with Crippen molar-refractivity contribution >= 4 is 18.3 Å². The molecule has 2 rings (SSSR count). The van der Waals surface area contributed by atoms with E-state index in [1.54, 1.807) is 10.9 Å². The molecular formula is C17H25ClN4O. The lowest BCUT2D eigenvalue weighted by atomic mass is 10.0. The molecule has 126 valence electrons. The molecule has 0 saturated heterocycles. The van der Waals surface area contributed by atoms with Gasteiger partial charge in [0, 0.05) is 12.4 Å². The summed E-state index contributed by atoms with van der Waals surface area (Å²) < 4.78 is 1.80. The van der Waals surface area contributed by atoms with E-state index >= 15 is 0 Å². The molecule has 1 amide bonds. The molecule has 1 unspecified atom stereocenters. The number of aromatic nitrogens is 2. The molecule has 0 spiro atoms. The standard InChI is InChI=1S/C17H24N4O.ClH/c1-12(2)11-15(18)17(22)20-13(3)14-7-4-5-8-16(14)21-10-6-9-19-21;/h4-10,12-13,15H,11,18H2,1-3H3,(H,20,22);1H/t13?,15-;/m0./s1. The number of nitrogens with zero attached hydrogens (tertiary/aromatic N) is 2. The minimum absolute atomic E-state index is 0. The summed E-state index contributed by atoms with van der Waals surface area (Å²) in [4.78, 5) is 12.2. The Morgan fingerprint density at radius 2 is 1.96 bits per heavy atom. The molecular weight excluding hydrogens is 312 g/mol. The Morgan fingerprint density at radius 1 is 1.26 bits per heavy atom. The average Bonchev–Trinajstić information content (AvgIpc) is 3.00. The summed E-state index contributed by atoms with van der Waals surface area (Å²) in [5, 5.41) is 7.26. The number of halogens is 1. The maximum atomic E-state index is 12.2. The van der Waals surface area contributed by atoms with Gasteiger partial charge in [0.25, 0.3) is 0 Å².